The van der Waals surface area contributed by atoms with Gasteiger partial charge in [-0.2, -0.15) is 0 Å². The minimum Gasteiger partial charge on any atom is -0.495 e. The first-order valence-corrected chi connectivity index (χ1v) is 8.25. The fourth-order valence-electron chi connectivity index (χ4n) is 2.06. The van der Waals surface area contributed by atoms with Crippen molar-refractivity contribution >= 4 is 10.0 Å². The minimum absolute atomic E-state index is 0.201. The summed E-state index contributed by atoms with van der Waals surface area (Å²) in [4.78, 5) is 0.201. The molecule has 0 bridgehead atoms. The van der Waals surface area contributed by atoms with Crippen molar-refractivity contribution in [1.82, 2.24) is 10.0 Å². The van der Waals surface area contributed by atoms with Crippen molar-refractivity contribution in [2.75, 3.05) is 40.5 Å². The van der Waals surface area contributed by atoms with E-state index in [0.29, 0.717) is 37.6 Å². The summed E-state index contributed by atoms with van der Waals surface area (Å²) in [6.07, 6.45) is 0. The van der Waals surface area contributed by atoms with Crippen LogP contribution in [0.25, 0.3) is 0 Å². The molecule has 21 heavy (non-hydrogen) atoms. The maximum Gasteiger partial charge on any atom is 0.244 e. The highest BCUT2D eigenvalue weighted by molar-refractivity contribution is 7.89. The summed E-state index contributed by atoms with van der Waals surface area (Å²) < 4.78 is 37.5. The SMILES string of the molecule is COCCNCCNS(=O)(=O)c1c(C)cc(C)cc1OC. The van der Waals surface area contributed by atoms with E-state index in [1.807, 2.05) is 13.0 Å². The second-order valence-corrected chi connectivity index (χ2v) is 6.46. The molecule has 6 nitrogen and oxygen atoms in total. The highest BCUT2D eigenvalue weighted by Crippen LogP contribution is 2.28. The third-order valence-corrected chi connectivity index (χ3v) is 4.60. The molecule has 0 amide bonds. The highest BCUT2D eigenvalue weighted by Gasteiger charge is 2.21. The number of nitrogens with one attached hydrogen (secondary N) is 2. The Morgan fingerprint density at radius 3 is 2.43 bits per heavy atom. The lowest BCUT2D eigenvalue weighted by Crippen LogP contribution is -2.33. The number of hydrogen-bond acceptors (Lipinski definition) is 5. The van der Waals surface area contributed by atoms with Gasteiger partial charge in [-0.25, -0.2) is 13.1 Å². The minimum atomic E-state index is -3.59. The van der Waals surface area contributed by atoms with Crippen molar-refractivity contribution in [1.29, 1.82) is 0 Å². The number of sulfonamides is 1. The molecule has 1 aromatic rings. The van der Waals surface area contributed by atoms with E-state index in [4.69, 9.17) is 9.47 Å². The van der Waals surface area contributed by atoms with E-state index in [0.717, 1.165) is 5.56 Å². The molecule has 0 fully saturated rings. The molecule has 7 heteroatoms. The van der Waals surface area contributed by atoms with Crippen molar-refractivity contribution in [2.45, 2.75) is 18.7 Å². The van der Waals surface area contributed by atoms with Crippen molar-refractivity contribution < 1.29 is 17.9 Å². The zero-order valence-electron chi connectivity index (χ0n) is 13.0. The Balaban J connectivity index is 2.75. The second-order valence-electron chi connectivity index (χ2n) is 4.75. The molecule has 1 aromatic carbocycles. The maximum absolute atomic E-state index is 12.4. The lowest BCUT2D eigenvalue weighted by atomic mass is 10.1. The number of rotatable bonds is 9. The number of aryl methyl sites for hydroxylation is 2. The molecule has 120 valence electrons. The predicted octanol–water partition coefficient (Wildman–Crippen LogP) is 0.826. The van der Waals surface area contributed by atoms with Crippen LogP contribution in [0.15, 0.2) is 17.0 Å². The molecule has 0 unspecified atom stereocenters. The van der Waals surface area contributed by atoms with Gasteiger partial charge in [0.1, 0.15) is 10.6 Å². The van der Waals surface area contributed by atoms with Gasteiger partial charge in [0, 0.05) is 26.7 Å². The van der Waals surface area contributed by atoms with Crippen molar-refractivity contribution in [3.63, 3.8) is 0 Å². The molecule has 0 heterocycles. The van der Waals surface area contributed by atoms with Gasteiger partial charge < -0.3 is 14.8 Å². The largest absolute Gasteiger partial charge is 0.495 e. The first-order valence-electron chi connectivity index (χ1n) is 6.77. The fraction of sp³-hybridized carbons (Fsp3) is 0.571. The van der Waals surface area contributed by atoms with Crippen LogP contribution in [0.4, 0.5) is 0 Å². The Hall–Kier alpha value is -1.15. The third kappa shape index (κ3) is 5.28. The van der Waals surface area contributed by atoms with E-state index in [1.54, 1.807) is 20.1 Å². The van der Waals surface area contributed by atoms with Crippen molar-refractivity contribution in [3.8, 4) is 5.75 Å². The van der Waals surface area contributed by atoms with Gasteiger partial charge in [-0.05, 0) is 31.0 Å². The molecule has 0 saturated carbocycles. The number of hydrogen-bond donors (Lipinski definition) is 2. The fourth-order valence-corrected chi connectivity index (χ4v) is 3.46. The van der Waals surface area contributed by atoms with Gasteiger partial charge >= 0.3 is 0 Å². The quantitative estimate of drug-likeness (QED) is 0.660. The van der Waals surface area contributed by atoms with Crippen LogP contribution in [-0.2, 0) is 14.8 Å². The standard InChI is InChI=1S/C14H24N2O4S/c1-11-9-12(2)14(13(10-11)20-4)21(17,18)16-6-5-15-7-8-19-3/h9-10,15-16H,5-8H2,1-4H3. The number of methoxy groups -OCH3 is 2. The van der Waals surface area contributed by atoms with Crippen LogP contribution in [0.5, 0.6) is 5.75 Å². The van der Waals surface area contributed by atoms with Crippen LogP contribution in [-0.4, -0.2) is 48.9 Å². The first kappa shape index (κ1) is 17.9. The van der Waals surface area contributed by atoms with E-state index in [-0.39, 0.29) is 4.90 Å². The molecular weight excluding hydrogens is 292 g/mol. The molecule has 2 N–H and O–H groups in total. The average molecular weight is 316 g/mol. The Morgan fingerprint density at radius 1 is 1.10 bits per heavy atom. The van der Waals surface area contributed by atoms with E-state index in [2.05, 4.69) is 10.0 Å². The van der Waals surface area contributed by atoms with E-state index in [9.17, 15) is 8.42 Å². The molecule has 1 rings (SSSR count). The Morgan fingerprint density at radius 2 is 1.81 bits per heavy atom. The van der Waals surface area contributed by atoms with Crippen LogP contribution in [0.3, 0.4) is 0 Å². The predicted molar refractivity (Wildman–Crippen MR) is 82.4 cm³/mol. The third-order valence-electron chi connectivity index (χ3n) is 2.95. The van der Waals surface area contributed by atoms with Gasteiger partial charge in [0.2, 0.25) is 10.0 Å². The molecule has 0 aliphatic carbocycles. The summed E-state index contributed by atoms with van der Waals surface area (Å²) in [5.41, 5.74) is 1.64. The maximum atomic E-state index is 12.4. The van der Waals surface area contributed by atoms with Crippen LogP contribution < -0.4 is 14.8 Å². The molecule has 0 atom stereocenters. The zero-order chi connectivity index (χ0) is 15.9. The Bertz CT molecular complexity index is 558. The number of benzene rings is 1. The average Bonchev–Trinajstić information content (AvgIpc) is 2.41. The summed E-state index contributed by atoms with van der Waals surface area (Å²) >= 11 is 0. The molecule has 0 radical (unpaired) electrons. The summed E-state index contributed by atoms with van der Waals surface area (Å²) in [6, 6.07) is 3.55. The topological polar surface area (TPSA) is 76.7 Å². The van der Waals surface area contributed by atoms with Crippen LogP contribution >= 0.6 is 0 Å². The molecule has 0 aliphatic rings. The van der Waals surface area contributed by atoms with Gasteiger partial charge in [0.25, 0.3) is 0 Å². The molecular formula is C14H24N2O4S. The van der Waals surface area contributed by atoms with Crippen LogP contribution in [0.1, 0.15) is 11.1 Å². The van der Waals surface area contributed by atoms with Gasteiger partial charge in [-0.15, -0.1) is 0 Å². The van der Waals surface area contributed by atoms with Gasteiger partial charge in [0.15, 0.2) is 0 Å². The monoisotopic (exact) mass is 316 g/mol. The highest BCUT2D eigenvalue weighted by atomic mass is 32.2. The van der Waals surface area contributed by atoms with Gasteiger partial charge in [0.05, 0.1) is 13.7 Å². The van der Waals surface area contributed by atoms with Gasteiger partial charge in [-0.3, -0.25) is 0 Å². The van der Waals surface area contributed by atoms with E-state index in [1.165, 1.54) is 7.11 Å². The van der Waals surface area contributed by atoms with E-state index < -0.39 is 10.0 Å². The lowest BCUT2D eigenvalue weighted by molar-refractivity contribution is 0.199. The summed E-state index contributed by atoms with van der Waals surface area (Å²) in [6.45, 7) is 5.79. The molecule has 0 saturated heterocycles. The lowest BCUT2D eigenvalue weighted by Gasteiger charge is -2.14. The van der Waals surface area contributed by atoms with Crippen molar-refractivity contribution in [2.24, 2.45) is 0 Å². The molecule has 0 aliphatic heterocycles. The van der Waals surface area contributed by atoms with E-state index >= 15 is 0 Å². The van der Waals surface area contributed by atoms with Crippen LogP contribution in [0, 0.1) is 13.8 Å². The van der Waals surface area contributed by atoms with Crippen LogP contribution in [0.2, 0.25) is 0 Å². The summed E-state index contributed by atoms with van der Waals surface area (Å²) in [5.74, 6) is 0.368. The normalized spacial score (nSPS) is 11.6. The van der Waals surface area contributed by atoms with Gasteiger partial charge in [-0.1, -0.05) is 6.07 Å². The van der Waals surface area contributed by atoms with Crippen molar-refractivity contribution in [3.05, 3.63) is 23.3 Å². The summed E-state index contributed by atoms with van der Waals surface area (Å²) in [5, 5.41) is 3.08. The molecule has 0 aromatic heterocycles. The Labute approximate surface area is 126 Å². The smallest absolute Gasteiger partial charge is 0.244 e. The zero-order valence-corrected chi connectivity index (χ0v) is 13.8. The Kier molecular flexibility index (Phi) is 7.10. The molecule has 0 spiro atoms. The number of ether oxygens (including phenoxy) is 2. The second kappa shape index (κ2) is 8.33. The summed E-state index contributed by atoms with van der Waals surface area (Å²) in [7, 11) is -0.496. The first-order chi connectivity index (χ1) is 9.92.